The van der Waals surface area contributed by atoms with E-state index in [-0.39, 0.29) is 6.61 Å². The molecule has 4 nitrogen and oxygen atoms in total. The first kappa shape index (κ1) is 14.4. The molecule has 0 spiro atoms. The molecule has 20 heavy (non-hydrogen) atoms. The van der Waals surface area contributed by atoms with Crippen LogP contribution >= 0.6 is 0 Å². The third-order valence-corrected chi connectivity index (χ3v) is 3.00. The molecule has 0 bridgehead atoms. The quantitative estimate of drug-likeness (QED) is 0.880. The van der Waals surface area contributed by atoms with Gasteiger partial charge in [-0.2, -0.15) is 0 Å². The van der Waals surface area contributed by atoms with Gasteiger partial charge in [-0.1, -0.05) is 18.2 Å². The van der Waals surface area contributed by atoms with Gasteiger partial charge in [0.25, 0.3) is 0 Å². The topological polar surface area (TPSA) is 58.9 Å². The molecular weight excluding hydrogens is 256 g/mol. The fraction of sp³-hybridized carbons (Fsp3) is 0.250. The fourth-order valence-corrected chi connectivity index (χ4v) is 1.84. The Labute approximate surface area is 118 Å². The van der Waals surface area contributed by atoms with Gasteiger partial charge >= 0.3 is 0 Å². The van der Waals surface area contributed by atoms with Crippen molar-refractivity contribution < 1.29 is 19.7 Å². The molecular formula is C16H18O4. The SMILES string of the molecule is COc1cc(CO)ccc1Oc1ccc([C@H](C)O)cc1. The minimum Gasteiger partial charge on any atom is -0.493 e. The van der Waals surface area contributed by atoms with E-state index in [0.717, 1.165) is 11.1 Å². The van der Waals surface area contributed by atoms with Crippen LogP contribution in [0.4, 0.5) is 0 Å². The second-order valence-electron chi connectivity index (χ2n) is 4.49. The highest BCUT2D eigenvalue weighted by Gasteiger charge is 2.07. The average molecular weight is 274 g/mol. The van der Waals surface area contributed by atoms with Gasteiger partial charge in [0.2, 0.25) is 0 Å². The van der Waals surface area contributed by atoms with E-state index in [9.17, 15) is 5.11 Å². The van der Waals surface area contributed by atoms with Crippen molar-refractivity contribution in [2.24, 2.45) is 0 Å². The summed E-state index contributed by atoms with van der Waals surface area (Å²) in [5, 5.41) is 18.6. The first-order valence-electron chi connectivity index (χ1n) is 6.37. The van der Waals surface area contributed by atoms with Crippen molar-refractivity contribution in [1.82, 2.24) is 0 Å². The molecule has 0 aliphatic heterocycles. The molecule has 2 rings (SSSR count). The molecule has 0 heterocycles. The summed E-state index contributed by atoms with van der Waals surface area (Å²) in [6.45, 7) is 1.67. The number of hydrogen-bond acceptors (Lipinski definition) is 4. The Morgan fingerprint density at radius 2 is 1.75 bits per heavy atom. The Bertz CT molecular complexity index is 561. The smallest absolute Gasteiger partial charge is 0.169 e. The van der Waals surface area contributed by atoms with Crippen molar-refractivity contribution in [3.63, 3.8) is 0 Å². The maximum atomic E-state index is 9.46. The van der Waals surface area contributed by atoms with Crippen LogP contribution in [0.1, 0.15) is 24.2 Å². The molecule has 0 radical (unpaired) electrons. The highest BCUT2D eigenvalue weighted by atomic mass is 16.5. The third-order valence-electron chi connectivity index (χ3n) is 3.00. The lowest BCUT2D eigenvalue weighted by Gasteiger charge is -2.12. The lowest BCUT2D eigenvalue weighted by Crippen LogP contribution is -1.94. The predicted molar refractivity (Wildman–Crippen MR) is 76.1 cm³/mol. The summed E-state index contributed by atoms with van der Waals surface area (Å²) in [5.74, 6) is 1.80. The molecule has 0 saturated heterocycles. The largest absolute Gasteiger partial charge is 0.493 e. The molecule has 2 aromatic carbocycles. The van der Waals surface area contributed by atoms with E-state index in [1.54, 1.807) is 44.4 Å². The predicted octanol–water partition coefficient (Wildman–Crippen LogP) is 3.03. The van der Waals surface area contributed by atoms with Gasteiger partial charge in [-0.15, -0.1) is 0 Å². The van der Waals surface area contributed by atoms with E-state index in [1.165, 1.54) is 0 Å². The van der Waals surface area contributed by atoms with Crippen LogP contribution in [0.25, 0.3) is 0 Å². The summed E-state index contributed by atoms with van der Waals surface area (Å²) in [6, 6.07) is 12.5. The fourth-order valence-electron chi connectivity index (χ4n) is 1.84. The minimum atomic E-state index is -0.498. The van der Waals surface area contributed by atoms with Crippen molar-refractivity contribution in [3.8, 4) is 17.2 Å². The lowest BCUT2D eigenvalue weighted by atomic mass is 10.1. The van der Waals surface area contributed by atoms with E-state index >= 15 is 0 Å². The van der Waals surface area contributed by atoms with Crippen molar-refractivity contribution >= 4 is 0 Å². The Balaban J connectivity index is 2.20. The zero-order valence-corrected chi connectivity index (χ0v) is 11.5. The van der Waals surface area contributed by atoms with Crippen LogP contribution in [0.3, 0.4) is 0 Å². The summed E-state index contributed by atoms with van der Waals surface area (Å²) < 4.78 is 11.0. The summed E-state index contributed by atoms with van der Waals surface area (Å²) in [5.41, 5.74) is 1.60. The maximum Gasteiger partial charge on any atom is 0.169 e. The van der Waals surface area contributed by atoms with E-state index < -0.39 is 6.10 Å². The first-order valence-corrected chi connectivity index (χ1v) is 6.37. The van der Waals surface area contributed by atoms with Gasteiger partial charge in [0.15, 0.2) is 11.5 Å². The molecule has 0 amide bonds. The average Bonchev–Trinajstić information content (AvgIpc) is 2.48. The zero-order chi connectivity index (χ0) is 14.5. The van der Waals surface area contributed by atoms with Gasteiger partial charge in [-0.25, -0.2) is 0 Å². The van der Waals surface area contributed by atoms with Crippen LogP contribution in [-0.2, 0) is 6.61 Å². The molecule has 2 aromatic rings. The summed E-state index contributed by atoms with van der Waals surface area (Å²) in [7, 11) is 1.56. The van der Waals surface area contributed by atoms with Crippen LogP contribution in [0.15, 0.2) is 42.5 Å². The molecule has 0 aliphatic rings. The highest BCUT2D eigenvalue weighted by molar-refractivity contribution is 5.45. The van der Waals surface area contributed by atoms with Gasteiger partial charge in [-0.3, -0.25) is 0 Å². The second kappa shape index (κ2) is 6.41. The van der Waals surface area contributed by atoms with Crippen LogP contribution in [0.5, 0.6) is 17.2 Å². The normalized spacial score (nSPS) is 12.0. The van der Waals surface area contributed by atoms with E-state index in [1.807, 2.05) is 12.1 Å². The van der Waals surface area contributed by atoms with Crippen LogP contribution < -0.4 is 9.47 Å². The Kier molecular flexibility index (Phi) is 4.61. The zero-order valence-electron chi connectivity index (χ0n) is 11.5. The van der Waals surface area contributed by atoms with Crippen LogP contribution in [0, 0.1) is 0 Å². The van der Waals surface area contributed by atoms with Gasteiger partial charge in [0, 0.05) is 0 Å². The maximum absolute atomic E-state index is 9.46. The van der Waals surface area contributed by atoms with Crippen molar-refractivity contribution in [2.75, 3.05) is 7.11 Å². The molecule has 0 aromatic heterocycles. The summed E-state index contributed by atoms with van der Waals surface area (Å²) in [4.78, 5) is 0. The standard InChI is InChI=1S/C16H18O4/c1-11(18)13-4-6-14(7-5-13)20-15-8-3-12(10-17)9-16(15)19-2/h3-9,11,17-18H,10H2,1-2H3/t11-/m0/s1. The number of aliphatic hydroxyl groups is 2. The highest BCUT2D eigenvalue weighted by Crippen LogP contribution is 2.32. The summed E-state index contributed by atoms with van der Waals surface area (Å²) >= 11 is 0. The van der Waals surface area contributed by atoms with Gasteiger partial charge < -0.3 is 19.7 Å². The Morgan fingerprint density at radius 3 is 2.30 bits per heavy atom. The van der Waals surface area contributed by atoms with E-state index in [0.29, 0.717) is 17.2 Å². The first-order chi connectivity index (χ1) is 9.63. The van der Waals surface area contributed by atoms with Crippen LogP contribution in [0.2, 0.25) is 0 Å². The monoisotopic (exact) mass is 274 g/mol. The van der Waals surface area contributed by atoms with Gasteiger partial charge in [0.1, 0.15) is 5.75 Å². The Hall–Kier alpha value is -2.04. The molecule has 106 valence electrons. The molecule has 2 N–H and O–H groups in total. The molecule has 4 heteroatoms. The number of benzene rings is 2. The van der Waals surface area contributed by atoms with Crippen LogP contribution in [-0.4, -0.2) is 17.3 Å². The molecule has 0 fully saturated rings. The number of aliphatic hydroxyl groups excluding tert-OH is 2. The van der Waals surface area contributed by atoms with Crippen molar-refractivity contribution in [2.45, 2.75) is 19.6 Å². The van der Waals surface area contributed by atoms with E-state index in [2.05, 4.69) is 0 Å². The summed E-state index contributed by atoms with van der Waals surface area (Å²) in [6.07, 6.45) is -0.498. The number of rotatable bonds is 5. The van der Waals surface area contributed by atoms with Gasteiger partial charge in [-0.05, 0) is 42.3 Å². The number of methoxy groups -OCH3 is 1. The number of hydrogen-bond donors (Lipinski definition) is 2. The molecule has 0 unspecified atom stereocenters. The van der Waals surface area contributed by atoms with Crippen molar-refractivity contribution in [1.29, 1.82) is 0 Å². The molecule has 0 aliphatic carbocycles. The lowest BCUT2D eigenvalue weighted by molar-refractivity contribution is 0.199. The minimum absolute atomic E-state index is 0.0419. The van der Waals surface area contributed by atoms with Crippen molar-refractivity contribution in [3.05, 3.63) is 53.6 Å². The number of ether oxygens (including phenoxy) is 2. The van der Waals surface area contributed by atoms with Gasteiger partial charge in [0.05, 0.1) is 19.8 Å². The Morgan fingerprint density at radius 1 is 1.05 bits per heavy atom. The van der Waals surface area contributed by atoms with E-state index in [4.69, 9.17) is 14.6 Å². The third kappa shape index (κ3) is 3.29. The second-order valence-corrected chi connectivity index (χ2v) is 4.49. The molecule has 0 saturated carbocycles. The molecule has 1 atom stereocenters.